The molecule has 0 aromatic rings. The van der Waals surface area contributed by atoms with Gasteiger partial charge >= 0.3 is 165 Å². The first-order valence-corrected chi connectivity index (χ1v) is 22.6. The molecule has 0 N–H and O–H groups in total. The van der Waals surface area contributed by atoms with Crippen LogP contribution in [0.25, 0.3) is 0 Å². The summed E-state index contributed by atoms with van der Waals surface area (Å²) in [6, 6.07) is 0. The monoisotopic (exact) mass is 474 g/mol. The van der Waals surface area contributed by atoms with Crippen LogP contribution in [-0.4, -0.2) is 32.3 Å². The molecule has 0 aromatic heterocycles. The van der Waals surface area contributed by atoms with Crippen molar-refractivity contribution >= 4 is 26.7 Å². The minimum atomic E-state index is -2.16. The van der Waals surface area contributed by atoms with Crippen LogP contribution in [0.3, 0.4) is 0 Å². The fourth-order valence-electron chi connectivity index (χ4n) is 6.20. The molecular weight excluding hydrogens is 427 g/mol. The summed E-state index contributed by atoms with van der Waals surface area (Å²) in [5.74, 6) is 0.935. The number of hydrogen-bond donors (Lipinski definition) is 0. The van der Waals surface area contributed by atoms with Gasteiger partial charge in [0.25, 0.3) is 0 Å². The summed E-state index contributed by atoms with van der Waals surface area (Å²) < 4.78 is 13.2. The van der Waals surface area contributed by atoms with Gasteiger partial charge in [0.2, 0.25) is 0 Å². The average molecular weight is 473 g/mol. The first-order valence-electron chi connectivity index (χ1n) is 11.5. The van der Waals surface area contributed by atoms with E-state index in [1.807, 2.05) is 0 Å². The molecular formula is C22H46OSiSn. The second-order valence-corrected chi connectivity index (χ2v) is 28.7. The van der Waals surface area contributed by atoms with Crippen molar-refractivity contribution in [3.8, 4) is 0 Å². The Balaban J connectivity index is 2.29. The Morgan fingerprint density at radius 3 is 1.84 bits per heavy atom. The molecule has 0 spiro atoms. The summed E-state index contributed by atoms with van der Waals surface area (Å²) in [5.41, 5.74) is 0.371. The predicted molar refractivity (Wildman–Crippen MR) is 118 cm³/mol. The standard InChI is InChI=1S/C10H19OSi.3C4H9.Sn/c1-12(2,3)11-10-7-4-5-9(10)6-8-10;3*1-3-4-2;/h8-9H,4-7H2,1-3H3;3*1,3-4H2,2H3;. The molecule has 2 saturated carbocycles. The van der Waals surface area contributed by atoms with E-state index in [1.54, 1.807) is 19.7 Å². The van der Waals surface area contributed by atoms with Crippen molar-refractivity contribution in [1.82, 2.24) is 0 Å². The third kappa shape index (κ3) is 5.07. The zero-order valence-electron chi connectivity index (χ0n) is 18.3. The Labute approximate surface area is 164 Å². The van der Waals surface area contributed by atoms with Crippen molar-refractivity contribution in [1.29, 1.82) is 0 Å². The maximum atomic E-state index is 7.14. The van der Waals surface area contributed by atoms with Crippen LogP contribution in [0, 0.1) is 5.92 Å². The van der Waals surface area contributed by atoms with E-state index in [4.69, 9.17) is 4.43 Å². The van der Waals surface area contributed by atoms with E-state index in [1.165, 1.54) is 57.8 Å². The molecule has 1 nitrogen and oxygen atoms in total. The van der Waals surface area contributed by atoms with Crippen molar-refractivity contribution < 1.29 is 4.43 Å². The summed E-state index contributed by atoms with van der Waals surface area (Å²) in [4.78, 5) is 0. The molecule has 0 heterocycles. The van der Waals surface area contributed by atoms with Gasteiger partial charge < -0.3 is 0 Å². The molecule has 0 aromatic carbocycles. The molecule has 2 fully saturated rings. The van der Waals surface area contributed by atoms with E-state index >= 15 is 0 Å². The van der Waals surface area contributed by atoms with Gasteiger partial charge in [0.05, 0.1) is 0 Å². The number of rotatable bonds is 12. The van der Waals surface area contributed by atoms with Crippen LogP contribution in [-0.2, 0) is 4.43 Å². The normalized spacial score (nSPS) is 29.5. The summed E-state index contributed by atoms with van der Waals surface area (Å²) >= 11 is -2.16. The number of hydrogen-bond acceptors (Lipinski definition) is 1. The van der Waals surface area contributed by atoms with E-state index in [-0.39, 0.29) is 0 Å². The Morgan fingerprint density at radius 2 is 1.44 bits per heavy atom. The topological polar surface area (TPSA) is 9.23 Å². The van der Waals surface area contributed by atoms with Gasteiger partial charge in [-0.3, -0.25) is 0 Å². The summed E-state index contributed by atoms with van der Waals surface area (Å²) in [6.45, 7) is 14.5. The van der Waals surface area contributed by atoms with Crippen LogP contribution in [0.1, 0.15) is 85.0 Å². The molecule has 3 atom stereocenters. The van der Waals surface area contributed by atoms with Gasteiger partial charge in [-0.1, -0.05) is 0 Å². The van der Waals surface area contributed by atoms with Crippen molar-refractivity contribution in [2.75, 3.05) is 0 Å². The number of unbranched alkanes of at least 4 members (excludes halogenated alkanes) is 3. The van der Waals surface area contributed by atoms with E-state index in [9.17, 15) is 0 Å². The van der Waals surface area contributed by atoms with Crippen LogP contribution < -0.4 is 0 Å². The molecule has 25 heavy (non-hydrogen) atoms. The molecule has 0 bridgehead atoms. The second kappa shape index (κ2) is 9.45. The molecule has 0 saturated heterocycles. The van der Waals surface area contributed by atoms with Crippen LogP contribution in [0.2, 0.25) is 36.9 Å². The fourth-order valence-corrected chi connectivity index (χ4v) is 28.7. The SMILES string of the molecule is CCC[CH2][Sn]([CH2]CCC)([CH2]CCC)[CH]1CC2CCCC21O[Si](C)(C)C. The number of fused-ring (bicyclic) bond motifs is 1. The van der Waals surface area contributed by atoms with E-state index in [0.717, 1.165) is 9.85 Å². The zero-order valence-corrected chi connectivity index (χ0v) is 22.1. The molecule has 2 aliphatic carbocycles. The predicted octanol–water partition coefficient (Wildman–Crippen LogP) is 8.00. The fraction of sp³-hybridized carbons (Fsp3) is 1.00. The van der Waals surface area contributed by atoms with Crippen LogP contribution in [0.5, 0.6) is 0 Å². The third-order valence-corrected chi connectivity index (χ3v) is 26.1. The molecule has 3 unspecified atom stereocenters. The molecule has 3 heteroatoms. The van der Waals surface area contributed by atoms with Crippen LogP contribution in [0.15, 0.2) is 0 Å². The van der Waals surface area contributed by atoms with Gasteiger partial charge in [-0.25, -0.2) is 0 Å². The quantitative estimate of drug-likeness (QED) is 0.261. The van der Waals surface area contributed by atoms with Crippen LogP contribution >= 0.6 is 0 Å². The molecule has 0 amide bonds. The molecule has 148 valence electrons. The Bertz CT molecular complexity index is 384. The van der Waals surface area contributed by atoms with Gasteiger partial charge in [0.15, 0.2) is 0 Å². The average Bonchev–Trinajstić information content (AvgIpc) is 2.84. The van der Waals surface area contributed by atoms with E-state index in [0.29, 0.717) is 5.60 Å². The van der Waals surface area contributed by atoms with Gasteiger partial charge in [-0.2, -0.15) is 0 Å². The molecule has 2 aliphatic rings. The molecule has 2 rings (SSSR count). The summed E-state index contributed by atoms with van der Waals surface area (Å²) in [6.07, 6.45) is 14.6. The first-order chi connectivity index (χ1) is 11.8. The van der Waals surface area contributed by atoms with Crippen molar-refractivity contribution in [2.24, 2.45) is 5.92 Å². The maximum absolute atomic E-state index is 7.14. The second-order valence-electron chi connectivity index (χ2n) is 10.2. The molecule has 0 aliphatic heterocycles. The van der Waals surface area contributed by atoms with E-state index in [2.05, 4.69) is 40.4 Å². The minimum absolute atomic E-state index is 0.371. The summed E-state index contributed by atoms with van der Waals surface area (Å²) in [7, 11) is -1.47. The van der Waals surface area contributed by atoms with Crippen molar-refractivity contribution in [2.45, 2.75) is 127 Å². The van der Waals surface area contributed by atoms with Crippen LogP contribution in [0.4, 0.5) is 0 Å². The Hall–Kier alpha value is 0.976. The van der Waals surface area contributed by atoms with Gasteiger partial charge in [0.1, 0.15) is 0 Å². The van der Waals surface area contributed by atoms with Gasteiger partial charge in [-0.15, -0.1) is 0 Å². The third-order valence-electron chi connectivity index (χ3n) is 7.24. The Morgan fingerprint density at radius 1 is 0.920 bits per heavy atom. The zero-order chi connectivity index (χ0) is 18.6. The van der Waals surface area contributed by atoms with Crippen molar-refractivity contribution in [3.63, 3.8) is 0 Å². The first kappa shape index (κ1) is 22.3. The van der Waals surface area contributed by atoms with Crippen molar-refractivity contribution in [3.05, 3.63) is 0 Å². The molecule has 0 radical (unpaired) electrons. The van der Waals surface area contributed by atoms with Gasteiger partial charge in [-0.05, 0) is 0 Å². The van der Waals surface area contributed by atoms with E-state index < -0.39 is 26.7 Å². The summed E-state index contributed by atoms with van der Waals surface area (Å²) in [5, 5.41) is 0. The Kier molecular flexibility index (Phi) is 8.42. The van der Waals surface area contributed by atoms with Gasteiger partial charge in [0, 0.05) is 0 Å².